The second kappa shape index (κ2) is 5.24. The number of halogens is 4. The van der Waals surface area contributed by atoms with E-state index in [0.29, 0.717) is 22.1 Å². The number of benzene rings is 2. The van der Waals surface area contributed by atoms with Gasteiger partial charge in [-0.15, -0.1) is 11.6 Å². The first kappa shape index (κ1) is 13.7. The summed E-state index contributed by atoms with van der Waals surface area (Å²) >= 11 is 17.8. The molecule has 3 aromatic rings. The number of hydrogen-bond donors (Lipinski definition) is 0. The molecule has 0 fully saturated rings. The molecule has 102 valence electrons. The molecule has 1 aromatic heterocycles. The molecule has 0 atom stereocenters. The summed E-state index contributed by atoms with van der Waals surface area (Å²) in [5, 5.41) is 0.602. The van der Waals surface area contributed by atoms with Crippen LogP contribution in [0, 0.1) is 5.82 Å². The summed E-state index contributed by atoms with van der Waals surface area (Å²) < 4.78 is 15.4. The molecular weight excluding hydrogens is 322 g/mol. The van der Waals surface area contributed by atoms with E-state index in [0.717, 1.165) is 5.52 Å². The Morgan fingerprint density at radius 2 is 1.90 bits per heavy atom. The minimum absolute atomic E-state index is 0.0728. The van der Waals surface area contributed by atoms with Gasteiger partial charge in [-0.3, -0.25) is 4.57 Å². The summed E-state index contributed by atoms with van der Waals surface area (Å²) in [6, 6.07) is 9.98. The van der Waals surface area contributed by atoms with Gasteiger partial charge in [-0.05, 0) is 30.3 Å². The molecule has 1 heterocycles. The van der Waals surface area contributed by atoms with Gasteiger partial charge in [0.2, 0.25) is 0 Å². The predicted octanol–water partition coefficient (Wildman–Crippen LogP) is 5.21. The number of hydrogen-bond acceptors (Lipinski definition) is 1. The lowest BCUT2D eigenvalue weighted by molar-refractivity contribution is 0.627. The molecule has 0 unspecified atom stereocenters. The lowest BCUT2D eigenvalue weighted by Crippen LogP contribution is -1.99. The molecule has 0 aliphatic rings. The van der Waals surface area contributed by atoms with Crippen molar-refractivity contribution in [2.45, 2.75) is 5.88 Å². The molecule has 0 N–H and O–H groups in total. The zero-order valence-electron chi connectivity index (χ0n) is 10.1. The molecule has 2 aromatic carbocycles. The van der Waals surface area contributed by atoms with Crippen LogP contribution in [-0.4, -0.2) is 9.55 Å². The summed E-state index contributed by atoms with van der Waals surface area (Å²) in [5.41, 5.74) is 2.02. The Balaban J connectivity index is 2.34. The maximum absolute atomic E-state index is 13.7. The fourth-order valence-corrected chi connectivity index (χ4v) is 2.62. The molecule has 2 nitrogen and oxygen atoms in total. The molecule has 0 spiro atoms. The maximum Gasteiger partial charge on any atom is 0.143 e. The van der Waals surface area contributed by atoms with Gasteiger partial charge in [0.15, 0.2) is 0 Å². The molecule has 0 saturated heterocycles. The molecule has 3 rings (SSSR count). The van der Waals surface area contributed by atoms with Crippen LogP contribution in [-0.2, 0) is 5.88 Å². The van der Waals surface area contributed by atoms with Crippen LogP contribution in [0.15, 0.2) is 36.4 Å². The van der Waals surface area contributed by atoms with Crippen molar-refractivity contribution < 1.29 is 4.39 Å². The van der Waals surface area contributed by atoms with Crippen LogP contribution < -0.4 is 0 Å². The van der Waals surface area contributed by atoms with E-state index in [-0.39, 0.29) is 10.9 Å². The second-order valence-corrected chi connectivity index (χ2v) is 5.28. The fraction of sp³-hybridized carbons (Fsp3) is 0.0714. The first-order valence-electron chi connectivity index (χ1n) is 5.79. The molecule has 0 amide bonds. The minimum Gasteiger partial charge on any atom is -0.295 e. The van der Waals surface area contributed by atoms with Crippen molar-refractivity contribution in [2.24, 2.45) is 0 Å². The Bertz CT molecular complexity index is 798. The highest BCUT2D eigenvalue weighted by molar-refractivity contribution is 6.35. The van der Waals surface area contributed by atoms with Crippen LogP contribution in [0.1, 0.15) is 5.82 Å². The molecule has 6 heteroatoms. The highest BCUT2D eigenvalue weighted by Gasteiger charge is 2.14. The standard InChI is InChI=1S/C14H8Cl3FN2/c15-7-13-19-14-10(17)2-1-3-12(14)20(13)8-4-5-9(16)11(18)6-8/h1-6H,7H2. The van der Waals surface area contributed by atoms with Gasteiger partial charge in [-0.1, -0.05) is 29.3 Å². The van der Waals surface area contributed by atoms with Gasteiger partial charge in [0.25, 0.3) is 0 Å². The van der Waals surface area contributed by atoms with Crippen LogP contribution in [0.3, 0.4) is 0 Å². The Morgan fingerprint density at radius 1 is 1.10 bits per heavy atom. The molecule has 20 heavy (non-hydrogen) atoms. The van der Waals surface area contributed by atoms with Crippen molar-refractivity contribution in [1.29, 1.82) is 0 Å². The lowest BCUT2D eigenvalue weighted by Gasteiger charge is -2.08. The second-order valence-electron chi connectivity index (χ2n) is 4.20. The molecule has 0 radical (unpaired) electrons. The predicted molar refractivity (Wildman–Crippen MR) is 80.6 cm³/mol. The molecule has 0 aliphatic heterocycles. The number of rotatable bonds is 2. The first-order chi connectivity index (χ1) is 9.61. The van der Waals surface area contributed by atoms with Gasteiger partial charge in [0.1, 0.15) is 17.2 Å². The molecule has 0 bridgehead atoms. The van der Waals surface area contributed by atoms with Crippen LogP contribution in [0.5, 0.6) is 0 Å². The van der Waals surface area contributed by atoms with Crippen molar-refractivity contribution in [2.75, 3.05) is 0 Å². The molecule has 0 saturated carbocycles. The van der Waals surface area contributed by atoms with Crippen LogP contribution in [0.2, 0.25) is 10.0 Å². The van der Waals surface area contributed by atoms with Crippen molar-refractivity contribution in [3.63, 3.8) is 0 Å². The van der Waals surface area contributed by atoms with Gasteiger partial charge >= 0.3 is 0 Å². The summed E-state index contributed by atoms with van der Waals surface area (Å²) in [5.74, 6) is 0.292. The fourth-order valence-electron chi connectivity index (χ4n) is 2.12. The van der Waals surface area contributed by atoms with E-state index in [4.69, 9.17) is 34.8 Å². The Morgan fingerprint density at radius 3 is 2.60 bits per heavy atom. The van der Waals surface area contributed by atoms with Crippen molar-refractivity contribution in [3.05, 3.63) is 58.1 Å². The topological polar surface area (TPSA) is 17.8 Å². The zero-order chi connectivity index (χ0) is 14.3. The SMILES string of the molecule is Fc1cc(-n2c(CCl)nc3c(Cl)cccc32)ccc1Cl. The summed E-state index contributed by atoms with van der Waals surface area (Å²) in [7, 11) is 0. The Labute approximate surface area is 129 Å². The van der Waals surface area contributed by atoms with Gasteiger partial charge in [0, 0.05) is 0 Å². The van der Waals surface area contributed by atoms with Crippen molar-refractivity contribution >= 4 is 45.8 Å². The first-order valence-corrected chi connectivity index (χ1v) is 7.08. The van der Waals surface area contributed by atoms with E-state index in [1.807, 2.05) is 12.1 Å². The molecular formula is C14H8Cl3FN2. The van der Waals surface area contributed by atoms with Gasteiger partial charge < -0.3 is 0 Å². The van der Waals surface area contributed by atoms with Crippen molar-refractivity contribution in [1.82, 2.24) is 9.55 Å². The number of para-hydroxylation sites is 1. The third kappa shape index (κ3) is 2.16. The Kier molecular flexibility index (Phi) is 3.59. The van der Waals surface area contributed by atoms with Crippen molar-refractivity contribution in [3.8, 4) is 5.69 Å². The molecule has 0 aliphatic carbocycles. The normalized spacial score (nSPS) is 11.2. The third-order valence-corrected chi connectivity index (χ3v) is 3.84. The number of fused-ring (bicyclic) bond motifs is 1. The highest BCUT2D eigenvalue weighted by Crippen LogP contribution is 2.28. The number of aromatic nitrogens is 2. The van der Waals surface area contributed by atoms with E-state index >= 15 is 0 Å². The maximum atomic E-state index is 13.7. The van der Waals surface area contributed by atoms with Crippen LogP contribution in [0.4, 0.5) is 4.39 Å². The lowest BCUT2D eigenvalue weighted by atomic mass is 10.2. The van der Waals surface area contributed by atoms with Gasteiger partial charge in [-0.2, -0.15) is 0 Å². The average Bonchev–Trinajstić information content (AvgIpc) is 2.82. The smallest absolute Gasteiger partial charge is 0.143 e. The Hall–Kier alpha value is -1.29. The highest BCUT2D eigenvalue weighted by atomic mass is 35.5. The number of nitrogens with zero attached hydrogens (tertiary/aromatic N) is 2. The number of alkyl halides is 1. The van der Waals surface area contributed by atoms with Crippen LogP contribution >= 0.6 is 34.8 Å². The van der Waals surface area contributed by atoms with Gasteiger partial charge in [-0.25, -0.2) is 9.37 Å². The average molecular weight is 330 g/mol. The summed E-state index contributed by atoms with van der Waals surface area (Å²) in [6.07, 6.45) is 0. The third-order valence-electron chi connectivity index (χ3n) is 2.99. The summed E-state index contributed by atoms with van der Waals surface area (Å²) in [4.78, 5) is 4.40. The van der Waals surface area contributed by atoms with E-state index in [1.54, 1.807) is 16.7 Å². The minimum atomic E-state index is -0.492. The van der Waals surface area contributed by atoms with E-state index in [1.165, 1.54) is 12.1 Å². The van der Waals surface area contributed by atoms with Gasteiger partial charge in [0.05, 0.1) is 27.1 Å². The van der Waals surface area contributed by atoms with E-state index in [9.17, 15) is 4.39 Å². The largest absolute Gasteiger partial charge is 0.295 e. The summed E-state index contributed by atoms with van der Waals surface area (Å²) in [6.45, 7) is 0. The van der Waals surface area contributed by atoms with Crippen LogP contribution in [0.25, 0.3) is 16.7 Å². The number of imidazole rings is 1. The van der Waals surface area contributed by atoms with E-state index in [2.05, 4.69) is 4.98 Å². The monoisotopic (exact) mass is 328 g/mol. The zero-order valence-corrected chi connectivity index (χ0v) is 12.3. The van der Waals surface area contributed by atoms with E-state index < -0.39 is 5.82 Å². The quantitative estimate of drug-likeness (QED) is 0.590.